The first-order valence-corrected chi connectivity index (χ1v) is 10.6. The maximum Gasteiger partial charge on any atom is 0.266 e. The molecule has 0 radical (unpaired) electrons. The van der Waals surface area contributed by atoms with Crippen molar-refractivity contribution < 1.29 is 14.3 Å². The SMILES string of the molecule is CCOc1ccc2nc(NC(=S)NC(=O)C(C)Oc3ccc(Cl)cc3Cl)sc2c1. The van der Waals surface area contributed by atoms with E-state index in [2.05, 4.69) is 15.6 Å². The molecule has 1 unspecified atom stereocenters. The van der Waals surface area contributed by atoms with Crippen molar-refractivity contribution >= 4 is 73.1 Å². The van der Waals surface area contributed by atoms with Crippen molar-refractivity contribution in [2.24, 2.45) is 0 Å². The summed E-state index contributed by atoms with van der Waals surface area (Å²) in [6.07, 6.45) is -0.822. The number of thiazole rings is 1. The summed E-state index contributed by atoms with van der Waals surface area (Å²) in [7, 11) is 0. The van der Waals surface area contributed by atoms with Crippen molar-refractivity contribution in [2.45, 2.75) is 20.0 Å². The summed E-state index contributed by atoms with van der Waals surface area (Å²) in [5.74, 6) is 0.708. The van der Waals surface area contributed by atoms with Crippen LogP contribution in [0.2, 0.25) is 10.0 Å². The van der Waals surface area contributed by atoms with Gasteiger partial charge in [-0.3, -0.25) is 10.1 Å². The molecule has 0 aliphatic carbocycles. The number of aromatic nitrogens is 1. The quantitative estimate of drug-likeness (QED) is 0.478. The van der Waals surface area contributed by atoms with Crippen LogP contribution in [0.3, 0.4) is 0 Å². The lowest BCUT2D eigenvalue weighted by molar-refractivity contribution is -0.125. The molecule has 152 valence electrons. The van der Waals surface area contributed by atoms with Crippen LogP contribution in [-0.4, -0.2) is 28.7 Å². The summed E-state index contributed by atoms with van der Waals surface area (Å²) >= 11 is 18.5. The smallest absolute Gasteiger partial charge is 0.266 e. The summed E-state index contributed by atoms with van der Waals surface area (Å²) in [6.45, 7) is 4.11. The third-order valence-electron chi connectivity index (χ3n) is 3.69. The van der Waals surface area contributed by atoms with Gasteiger partial charge >= 0.3 is 0 Å². The lowest BCUT2D eigenvalue weighted by atomic mass is 10.3. The van der Waals surface area contributed by atoms with Gasteiger partial charge in [-0.15, -0.1) is 0 Å². The third-order valence-corrected chi connectivity index (χ3v) is 5.36. The van der Waals surface area contributed by atoms with Crippen molar-refractivity contribution in [1.29, 1.82) is 0 Å². The van der Waals surface area contributed by atoms with Gasteiger partial charge in [0.15, 0.2) is 16.3 Å². The molecule has 1 atom stereocenters. The number of hydrogen-bond acceptors (Lipinski definition) is 6. The van der Waals surface area contributed by atoms with Gasteiger partial charge in [0.05, 0.1) is 21.8 Å². The number of halogens is 2. The topological polar surface area (TPSA) is 72.5 Å². The van der Waals surface area contributed by atoms with Crippen LogP contribution in [0.15, 0.2) is 36.4 Å². The van der Waals surface area contributed by atoms with Gasteiger partial charge in [-0.2, -0.15) is 0 Å². The van der Waals surface area contributed by atoms with Gasteiger partial charge in [-0.25, -0.2) is 4.98 Å². The molecule has 1 heterocycles. The minimum atomic E-state index is -0.822. The second-order valence-electron chi connectivity index (χ2n) is 5.86. The van der Waals surface area contributed by atoms with Crippen LogP contribution in [-0.2, 0) is 4.79 Å². The van der Waals surface area contributed by atoms with Crippen LogP contribution in [0.1, 0.15) is 13.8 Å². The summed E-state index contributed by atoms with van der Waals surface area (Å²) < 4.78 is 12.0. The highest BCUT2D eigenvalue weighted by molar-refractivity contribution is 7.80. The predicted molar refractivity (Wildman–Crippen MR) is 122 cm³/mol. The molecule has 1 amide bonds. The molecule has 0 spiro atoms. The first-order chi connectivity index (χ1) is 13.9. The number of ether oxygens (including phenoxy) is 2. The van der Waals surface area contributed by atoms with Crippen molar-refractivity contribution in [3.8, 4) is 11.5 Å². The number of fused-ring (bicyclic) bond motifs is 1. The van der Waals surface area contributed by atoms with Gasteiger partial charge in [-0.05, 0) is 62.5 Å². The Bertz CT molecular complexity index is 1060. The Morgan fingerprint density at radius 3 is 2.79 bits per heavy atom. The lowest BCUT2D eigenvalue weighted by Crippen LogP contribution is -2.42. The minimum Gasteiger partial charge on any atom is -0.494 e. The minimum absolute atomic E-state index is 0.122. The Balaban J connectivity index is 1.59. The Kier molecular flexibility index (Phi) is 7.13. The summed E-state index contributed by atoms with van der Waals surface area (Å²) in [5.41, 5.74) is 0.809. The fourth-order valence-corrected chi connectivity index (χ4v) is 3.99. The molecule has 0 saturated heterocycles. The predicted octanol–water partition coefficient (Wildman–Crippen LogP) is 5.28. The Labute approximate surface area is 187 Å². The standard InChI is InChI=1S/C19H17Cl2N3O3S2/c1-3-26-12-5-6-14-16(9-12)29-19(22-14)24-18(28)23-17(25)10(2)27-15-7-4-11(20)8-13(15)21/h4-10H,3H2,1-2H3,(H2,22,23,24,25,28). The van der Waals surface area contributed by atoms with Crippen LogP contribution < -0.4 is 20.1 Å². The van der Waals surface area contributed by atoms with E-state index in [9.17, 15) is 4.79 Å². The number of anilines is 1. The summed E-state index contributed by atoms with van der Waals surface area (Å²) in [5, 5.41) is 6.99. The van der Waals surface area contributed by atoms with E-state index < -0.39 is 12.0 Å². The zero-order valence-electron chi connectivity index (χ0n) is 15.5. The Hall–Kier alpha value is -2.13. The molecular formula is C19H17Cl2N3O3S2. The van der Waals surface area contributed by atoms with Crippen LogP contribution in [0.25, 0.3) is 10.2 Å². The Morgan fingerprint density at radius 1 is 1.28 bits per heavy atom. The number of thiocarbonyl (C=S) groups is 1. The van der Waals surface area contributed by atoms with Crippen LogP contribution >= 0.6 is 46.8 Å². The van der Waals surface area contributed by atoms with Crippen LogP contribution in [0, 0.1) is 0 Å². The van der Waals surface area contributed by atoms with E-state index in [4.69, 9.17) is 44.9 Å². The fourth-order valence-electron chi connectivity index (χ4n) is 2.37. The van der Waals surface area contributed by atoms with E-state index in [-0.39, 0.29) is 5.11 Å². The summed E-state index contributed by atoms with van der Waals surface area (Å²) in [4.78, 5) is 16.8. The molecule has 29 heavy (non-hydrogen) atoms. The maximum absolute atomic E-state index is 12.3. The zero-order chi connectivity index (χ0) is 21.0. The molecule has 3 aromatic rings. The number of hydrogen-bond donors (Lipinski definition) is 2. The van der Waals surface area contributed by atoms with Gasteiger partial charge < -0.3 is 14.8 Å². The van der Waals surface area contributed by atoms with E-state index in [1.807, 2.05) is 25.1 Å². The van der Waals surface area contributed by atoms with E-state index in [1.54, 1.807) is 25.1 Å². The van der Waals surface area contributed by atoms with Crippen molar-refractivity contribution in [3.05, 3.63) is 46.4 Å². The number of nitrogens with one attached hydrogen (secondary N) is 2. The fraction of sp³-hybridized carbons (Fsp3) is 0.211. The second kappa shape index (κ2) is 9.58. The zero-order valence-corrected chi connectivity index (χ0v) is 18.6. The molecule has 0 aliphatic rings. The highest BCUT2D eigenvalue weighted by atomic mass is 35.5. The van der Waals surface area contributed by atoms with Crippen LogP contribution in [0.4, 0.5) is 5.13 Å². The number of amides is 1. The first kappa shape index (κ1) is 21.6. The molecule has 1 aromatic heterocycles. The molecular weight excluding hydrogens is 453 g/mol. The van der Waals surface area contributed by atoms with E-state index in [0.717, 1.165) is 16.0 Å². The number of carbonyl (C=O) groups excluding carboxylic acids is 1. The normalized spacial score (nSPS) is 11.7. The number of nitrogens with zero attached hydrogens (tertiary/aromatic N) is 1. The highest BCUT2D eigenvalue weighted by Crippen LogP contribution is 2.30. The van der Waals surface area contributed by atoms with Crippen molar-refractivity contribution in [1.82, 2.24) is 10.3 Å². The van der Waals surface area contributed by atoms with Gasteiger partial charge in [-0.1, -0.05) is 34.5 Å². The third kappa shape index (κ3) is 5.70. The molecule has 0 fully saturated rings. The second-order valence-corrected chi connectivity index (χ2v) is 8.14. The monoisotopic (exact) mass is 469 g/mol. The molecule has 0 bridgehead atoms. The molecule has 0 aliphatic heterocycles. The van der Waals surface area contributed by atoms with Gasteiger partial charge in [0.25, 0.3) is 5.91 Å². The largest absolute Gasteiger partial charge is 0.494 e. The number of rotatable bonds is 6. The van der Waals surface area contributed by atoms with Crippen LogP contribution in [0.5, 0.6) is 11.5 Å². The van der Waals surface area contributed by atoms with E-state index >= 15 is 0 Å². The lowest BCUT2D eigenvalue weighted by Gasteiger charge is -2.16. The average molecular weight is 470 g/mol. The summed E-state index contributed by atoms with van der Waals surface area (Å²) in [6, 6.07) is 10.4. The van der Waals surface area contributed by atoms with Crippen molar-refractivity contribution in [2.75, 3.05) is 11.9 Å². The molecule has 6 nitrogen and oxygen atoms in total. The van der Waals surface area contributed by atoms with Crippen molar-refractivity contribution in [3.63, 3.8) is 0 Å². The number of benzene rings is 2. The first-order valence-electron chi connectivity index (χ1n) is 8.62. The maximum atomic E-state index is 12.3. The van der Waals surface area contributed by atoms with Gasteiger partial charge in [0.2, 0.25) is 0 Å². The molecule has 2 aromatic carbocycles. The van der Waals surface area contributed by atoms with Gasteiger partial charge in [0, 0.05) is 5.02 Å². The van der Waals surface area contributed by atoms with Gasteiger partial charge in [0.1, 0.15) is 11.5 Å². The molecule has 0 saturated carbocycles. The number of carbonyl (C=O) groups is 1. The Morgan fingerprint density at radius 2 is 2.07 bits per heavy atom. The highest BCUT2D eigenvalue weighted by Gasteiger charge is 2.18. The average Bonchev–Trinajstić information content (AvgIpc) is 3.05. The van der Waals surface area contributed by atoms with E-state index in [1.165, 1.54) is 11.3 Å². The molecule has 10 heteroatoms. The molecule has 2 N–H and O–H groups in total. The molecule has 3 rings (SSSR count). The van der Waals surface area contributed by atoms with E-state index in [0.29, 0.717) is 27.5 Å².